The van der Waals surface area contributed by atoms with E-state index in [4.69, 9.17) is 4.52 Å². The van der Waals surface area contributed by atoms with E-state index in [1.54, 1.807) is 6.07 Å². The Labute approximate surface area is 173 Å². The second-order valence-corrected chi connectivity index (χ2v) is 9.34. The molecule has 0 aliphatic carbocycles. The van der Waals surface area contributed by atoms with Crippen LogP contribution >= 0.6 is 11.3 Å². The van der Waals surface area contributed by atoms with E-state index in [1.165, 1.54) is 15.9 Å². The van der Waals surface area contributed by atoms with E-state index < -0.39 is 0 Å². The second-order valence-electron chi connectivity index (χ2n) is 8.40. The average molecular weight is 418 g/mol. The molecule has 0 spiro atoms. The third kappa shape index (κ3) is 4.32. The Morgan fingerprint density at radius 3 is 2.72 bits per heavy atom. The van der Waals surface area contributed by atoms with Crippen molar-refractivity contribution in [3.63, 3.8) is 0 Å². The summed E-state index contributed by atoms with van der Waals surface area (Å²) < 4.78 is 6.82. The number of nitrogens with zero attached hydrogens (tertiary/aromatic N) is 7. The molecule has 3 aromatic heterocycles. The highest BCUT2D eigenvalue weighted by Crippen LogP contribution is 2.23. The van der Waals surface area contributed by atoms with Crippen LogP contribution in [0.4, 0.5) is 5.13 Å². The quantitative estimate of drug-likeness (QED) is 0.637. The topological polar surface area (TPSA) is 92.7 Å². The summed E-state index contributed by atoms with van der Waals surface area (Å²) in [6.07, 6.45) is 1.74. The van der Waals surface area contributed by atoms with Crippen molar-refractivity contribution in [3.8, 4) is 0 Å². The van der Waals surface area contributed by atoms with E-state index in [1.807, 2.05) is 6.92 Å². The zero-order valence-corrected chi connectivity index (χ0v) is 18.2. The molecular formula is C19H27N7O2S. The highest BCUT2D eigenvalue weighted by Gasteiger charge is 2.24. The first-order valence-corrected chi connectivity index (χ1v) is 10.9. The van der Waals surface area contributed by atoms with E-state index in [0.717, 1.165) is 55.7 Å². The number of hydrogen-bond donors (Lipinski definition) is 0. The van der Waals surface area contributed by atoms with Crippen LogP contribution in [0, 0.1) is 0 Å². The summed E-state index contributed by atoms with van der Waals surface area (Å²) in [5.41, 5.74) is 0.553. The average Bonchev–Trinajstić information content (AvgIpc) is 3.25. The number of fused-ring (bicyclic) bond motifs is 1. The Balaban J connectivity index is 1.45. The largest absolute Gasteiger partial charge is 0.345 e. The maximum atomic E-state index is 12.3. The van der Waals surface area contributed by atoms with Gasteiger partial charge in [-0.2, -0.15) is 9.50 Å². The maximum absolute atomic E-state index is 12.3. The first-order valence-electron chi connectivity index (χ1n) is 10.0. The predicted octanol–water partition coefficient (Wildman–Crippen LogP) is 2.11. The van der Waals surface area contributed by atoms with E-state index >= 15 is 0 Å². The number of rotatable bonds is 4. The molecule has 1 aliphatic rings. The summed E-state index contributed by atoms with van der Waals surface area (Å²) in [4.78, 5) is 26.6. The first kappa shape index (κ1) is 20.0. The number of aryl methyl sites for hydroxylation is 1. The lowest BCUT2D eigenvalue weighted by Crippen LogP contribution is -2.31. The lowest BCUT2D eigenvalue weighted by molar-refractivity contribution is 0.269. The van der Waals surface area contributed by atoms with Gasteiger partial charge in [0.25, 0.3) is 5.56 Å². The van der Waals surface area contributed by atoms with Crippen LogP contribution < -0.4 is 10.5 Å². The zero-order chi connectivity index (χ0) is 20.6. The van der Waals surface area contributed by atoms with E-state index in [0.29, 0.717) is 17.4 Å². The summed E-state index contributed by atoms with van der Waals surface area (Å²) in [5, 5.41) is 9.51. The molecule has 4 rings (SSSR count). The SMILES string of the molecule is CCc1cc(=O)n2nc(N3CCCN(Cc4noc(C(C)(C)C)n4)CC3)sc2n1. The molecule has 29 heavy (non-hydrogen) atoms. The third-order valence-electron chi connectivity index (χ3n) is 4.98. The van der Waals surface area contributed by atoms with E-state index in [-0.39, 0.29) is 11.0 Å². The molecule has 0 N–H and O–H groups in total. The fraction of sp³-hybridized carbons (Fsp3) is 0.632. The lowest BCUT2D eigenvalue weighted by Gasteiger charge is -2.19. The molecule has 9 nitrogen and oxygen atoms in total. The summed E-state index contributed by atoms with van der Waals surface area (Å²) in [7, 11) is 0. The smallest absolute Gasteiger partial charge is 0.275 e. The fourth-order valence-electron chi connectivity index (χ4n) is 3.30. The monoisotopic (exact) mass is 417 g/mol. The van der Waals surface area contributed by atoms with Crippen LogP contribution in [0.1, 0.15) is 51.5 Å². The minimum atomic E-state index is -0.141. The molecule has 0 amide bonds. The van der Waals surface area contributed by atoms with Gasteiger partial charge in [-0.05, 0) is 12.8 Å². The van der Waals surface area contributed by atoms with Crippen molar-refractivity contribution < 1.29 is 4.52 Å². The van der Waals surface area contributed by atoms with Gasteiger partial charge >= 0.3 is 0 Å². The van der Waals surface area contributed by atoms with Gasteiger partial charge < -0.3 is 9.42 Å². The van der Waals surface area contributed by atoms with Crippen LogP contribution in [0.15, 0.2) is 15.4 Å². The third-order valence-corrected chi connectivity index (χ3v) is 5.95. The van der Waals surface area contributed by atoms with Crippen molar-refractivity contribution in [2.75, 3.05) is 31.1 Å². The van der Waals surface area contributed by atoms with Crippen molar-refractivity contribution in [3.05, 3.63) is 33.8 Å². The lowest BCUT2D eigenvalue weighted by atomic mass is 9.97. The summed E-state index contributed by atoms with van der Waals surface area (Å²) in [6, 6.07) is 1.57. The molecule has 3 aromatic rings. The molecule has 4 heterocycles. The zero-order valence-electron chi connectivity index (χ0n) is 17.4. The molecule has 0 bridgehead atoms. The highest BCUT2D eigenvalue weighted by molar-refractivity contribution is 7.20. The highest BCUT2D eigenvalue weighted by atomic mass is 32.1. The number of aromatic nitrogens is 5. The van der Waals surface area contributed by atoms with Crippen LogP contribution in [-0.2, 0) is 18.4 Å². The van der Waals surface area contributed by atoms with Crippen LogP contribution in [0.25, 0.3) is 4.96 Å². The minimum absolute atomic E-state index is 0.113. The molecule has 10 heteroatoms. The fourth-order valence-corrected chi connectivity index (χ4v) is 4.28. The van der Waals surface area contributed by atoms with Gasteiger partial charge in [-0.15, -0.1) is 5.10 Å². The van der Waals surface area contributed by atoms with E-state index in [9.17, 15) is 4.79 Å². The van der Waals surface area contributed by atoms with Crippen molar-refractivity contribution in [2.45, 2.75) is 52.5 Å². The van der Waals surface area contributed by atoms with Crippen molar-refractivity contribution in [1.82, 2.24) is 29.6 Å². The Morgan fingerprint density at radius 2 is 2.00 bits per heavy atom. The van der Waals surface area contributed by atoms with Gasteiger partial charge in [0.2, 0.25) is 16.0 Å². The van der Waals surface area contributed by atoms with Gasteiger partial charge in [0.05, 0.1) is 6.54 Å². The second kappa shape index (κ2) is 7.83. The Hall–Kier alpha value is -2.33. The molecule has 1 saturated heterocycles. The normalized spacial score (nSPS) is 16.5. The summed E-state index contributed by atoms with van der Waals surface area (Å²) in [5.74, 6) is 1.40. The number of anilines is 1. The molecule has 0 aromatic carbocycles. The molecule has 0 unspecified atom stereocenters. The minimum Gasteiger partial charge on any atom is -0.345 e. The van der Waals surface area contributed by atoms with Gasteiger partial charge in [-0.1, -0.05) is 44.2 Å². The van der Waals surface area contributed by atoms with E-state index in [2.05, 4.69) is 50.8 Å². The summed E-state index contributed by atoms with van der Waals surface area (Å²) in [6.45, 7) is 12.4. The van der Waals surface area contributed by atoms with Crippen molar-refractivity contribution >= 4 is 21.4 Å². The van der Waals surface area contributed by atoms with Crippen LogP contribution in [-0.4, -0.2) is 55.8 Å². The van der Waals surface area contributed by atoms with Crippen molar-refractivity contribution in [2.24, 2.45) is 0 Å². The van der Waals surface area contributed by atoms with Gasteiger partial charge in [-0.3, -0.25) is 9.69 Å². The molecule has 0 atom stereocenters. The van der Waals surface area contributed by atoms with Crippen LogP contribution in [0.5, 0.6) is 0 Å². The Kier molecular flexibility index (Phi) is 5.39. The molecule has 156 valence electrons. The van der Waals surface area contributed by atoms with Crippen LogP contribution in [0.3, 0.4) is 0 Å². The summed E-state index contributed by atoms with van der Waals surface area (Å²) >= 11 is 1.48. The first-order chi connectivity index (χ1) is 13.8. The van der Waals surface area contributed by atoms with Crippen molar-refractivity contribution in [1.29, 1.82) is 0 Å². The van der Waals surface area contributed by atoms with Gasteiger partial charge in [0, 0.05) is 43.4 Å². The molecule has 1 fully saturated rings. The standard InChI is InChI=1S/C19H27N7O2S/c1-5-13-11-15(27)26-17(20-13)29-18(22-26)25-8-6-7-24(9-10-25)12-14-21-16(28-23-14)19(2,3)4/h11H,5-10,12H2,1-4H3. The van der Waals surface area contributed by atoms with Gasteiger partial charge in [0.1, 0.15) is 0 Å². The van der Waals surface area contributed by atoms with Gasteiger partial charge in [0.15, 0.2) is 5.82 Å². The van der Waals surface area contributed by atoms with Gasteiger partial charge in [-0.25, -0.2) is 4.98 Å². The van der Waals surface area contributed by atoms with Crippen LogP contribution in [0.2, 0.25) is 0 Å². The molecule has 0 saturated carbocycles. The maximum Gasteiger partial charge on any atom is 0.275 e. The Bertz CT molecular complexity index is 1050. The Morgan fingerprint density at radius 1 is 1.17 bits per heavy atom. The molecule has 0 radical (unpaired) electrons. The predicted molar refractivity (Wildman–Crippen MR) is 112 cm³/mol. The number of hydrogen-bond acceptors (Lipinski definition) is 9. The molecular weight excluding hydrogens is 390 g/mol. The molecule has 1 aliphatic heterocycles.